The third-order valence-corrected chi connectivity index (χ3v) is 2.15. The SMILES string of the molecule is Cc1cc(O)c(C2=CC=CC2)c(=O)o1. The van der Waals surface area contributed by atoms with Gasteiger partial charge in [0.2, 0.25) is 0 Å². The number of rotatable bonds is 1. The molecule has 0 unspecified atom stereocenters. The molecule has 0 radical (unpaired) electrons. The minimum atomic E-state index is -0.475. The quantitative estimate of drug-likeness (QED) is 0.736. The molecular formula is C11H10O3. The van der Waals surface area contributed by atoms with Gasteiger partial charge in [-0.3, -0.25) is 0 Å². The molecule has 1 aliphatic carbocycles. The maximum atomic E-state index is 11.5. The predicted octanol–water partition coefficient (Wildman–Crippen LogP) is 2.00. The van der Waals surface area contributed by atoms with Gasteiger partial charge in [0.05, 0.1) is 0 Å². The zero-order valence-corrected chi connectivity index (χ0v) is 7.78. The van der Waals surface area contributed by atoms with Crippen molar-refractivity contribution in [3.63, 3.8) is 0 Å². The zero-order chi connectivity index (χ0) is 10.1. The second-order valence-corrected chi connectivity index (χ2v) is 3.23. The maximum absolute atomic E-state index is 11.5. The summed E-state index contributed by atoms with van der Waals surface area (Å²) in [5.74, 6) is 0.413. The first-order chi connectivity index (χ1) is 6.68. The molecule has 0 saturated heterocycles. The molecule has 72 valence electrons. The van der Waals surface area contributed by atoms with Crippen LogP contribution in [0, 0.1) is 6.92 Å². The fourth-order valence-corrected chi connectivity index (χ4v) is 1.52. The van der Waals surface area contributed by atoms with Gasteiger partial charge in [-0.2, -0.15) is 0 Å². The fraction of sp³-hybridized carbons (Fsp3) is 0.182. The first-order valence-corrected chi connectivity index (χ1v) is 4.38. The van der Waals surface area contributed by atoms with E-state index in [9.17, 15) is 9.90 Å². The van der Waals surface area contributed by atoms with E-state index in [1.54, 1.807) is 13.0 Å². The van der Waals surface area contributed by atoms with Crippen LogP contribution in [0.3, 0.4) is 0 Å². The number of hydrogen-bond donors (Lipinski definition) is 1. The van der Waals surface area contributed by atoms with Crippen LogP contribution >= 0.6 is 0 Å². The van der Waals surface area contributed by atoms with Crippen molar-refractivity contribution in [1.29, 1.82) is 0 Å². The summed E-state index contributed by atoms with van der Waals surface area (Å²) < 4.78 is 4.92. The van der Waals surface area contributed by atoms with Crippen molar-refractivity contribution in [1.82, 2.24) is 0 Å². The molecule has 1 N–H and O–H groups in total. The summed E-state index contributed by atoms with van der Waals surface area (Å²) in [5, 5.41) is 9.60. The van der Waals surface area contributed by atoms with Crippen LogP contribution in [0.4, 0.5) is 0 Å². The normalized spacial score (nSPS) is 14.5. The van der Waals surface area contributed by atoms with Crippen molar-refractivity contribution >= 4 is 5.57 Å². The summed E-state index contributed by atoms with van der Waals surface area (Å²) >= 11 is 0. The van der Waals surface area contributed by atoms with E-state index < -0.39 is 5.63 Å². The minimum Gasteiger partial charge on any atom is -0.507 e. The van der Waals surface area contributed by atoms with E-state index >= 15 is 0 Å². The Hall–Kier alpha value is -1.77. The summed E-state index contributed by atoms with van der Waals surface area (Å²) in [6, 6.07) is 1.45. The van der Waals surface area contributed by atoms with Crippen molar-refractivity contribution in [2.24, 2.45) is 0 Å². The van der Waals surface area contributed by atoms with Gasteiger partial charge < -0.3 is 9.52 Å². The lowest BCUT2D eigenvalue weighted by Gasteiger charge is -2.03. The first-order valence-electron chi connectivity index (χ1n) is 4.38. The molecule has 0 amide bonds. The third-order valence-electron chi connectivity index (χ3n) is 2.15. The van der Waals surface area contributed by atoms with E-state index in [1.807, 2.05) is 12.2 Å². The molecule has 1 aromatic rings. The van der Waals surface area contributed by atoms with Crippen molar-refractivity contribution in [2.45, 2.75) is 13.3 Å². The van der Waals surface area contributed by atoms with Gasteiger partial charge in [0.25, 0.3) is 0 Å². The molecule has 1 aromatic heterocycles. The van der Waals surface area contributed by atoms with Gasteiger partial charge in [-0.15, -0.1) is 0 Å². The van der Waals surface area contributed by atoms with Crippen LogP contribution in [-0.2, 0) is 0 Å². The van der Waals surface area contributed by atoms with Crippen LogP contribution < -0.4 is 5.63 Å². The molecule has 14 heavy (non-hydrogen) atoms. The molecule has 2 rings (SSSR count). The summed E-state index contributed by atoms with van der Waals surface area (Å²) in [7, 11) is 0. The van der Waals surface area contributed by atoms with Crippen molar-refractivity contribution < 1.29 is 9.52 Å². The highest BCUT2D eigenvalue weighted by molar-refractivity contribution is 5.73. The van der Waals surface area contributed by atoms with Gasteiger partial charge in [-0.25, -0.2) is 4.79 Å². The molecule has 0 spiro atoms. The Bertz CT molecular complexity index is 478. The van der Waals surface area contributed by atoms with Crippen molar-refractivity contribution in [2.75, 3.05) is 0 Å². The van der Waals surface area contributed by atoms with E-state index in [0.717, 1.165) is 5.57 Å². The highest BCUT2D eigenvalue weighted by Crippen LogP contribution is 2.27. The summed E-state index contributed by atoms with van der Waals surface area (Å²) in [6.45, 7) is 1.63. The van der Waals surface area contributed by atoms with Gasteiger partial charge in [-0.05, 0) is 18.9 Å². The molecule has 0 saturated carbocycles. The van der Waals surface area contributed by atoms with Crippen LogP contribution in [-0.4, -0.2) is 5.11 Å². The molecule has 0 aromatic carbocycles. The number of allylic oxidation sites excluding steroid dienone is 4. The average Bonchev–Trinajstić information content (AvgIpc) is 2.54. The van der Waals surface area contributed by atoms with Crippen LogP contribution in [0.1, 0.15) is 17.7 Å². The van der Waals surface area contributed by atoms with Gasteiger partial charge in [-0.1, -0.05) is 18.2 Å². The Balaban J connectivity index is 2.59. The van der Waals surface area contributed by atoms with Gasteiger partial charge in [0.1, 0.15) is 17.1 Å². The van der Waals surface area contributed by atoms with Crippen LogP contribution in [0.2, 0.25) is 0 Å². The smallest absolute Gasteiger partial charge is 0.347 e. The lowest BCUT2D eigenvalue weighted by Crippen LogP contribution is -2.06. The van der Waals surface area contributed by atoms with E-state index in [-0.39, 0.29) is 11.3 Å². The second kappa shape index (κ2) is 3.18. The van der Waals surface area contributed by atoms with Crippen LogP contribution in [0.15, 0.2) is 33.5 Å². The summed E-state index contributed by atoms with van der Waals surface area (Å²) in [4.78, 5) is 11.5. The Morgan fingerprint density at radius 3 is 2.86 bits per heavy atom. The first kappa shape index (κ1) is 8.81. The van der Waals surface area contributed by atoms with Gasteiger partial charge >= 0.3 is 5.63 Å². The fourth-order valence-electron chi connectivity index (χ4n) is 1.52. The highest BCUT2D eigenvalue weighted by Gasteiger charge is 2.14. The Morgan fingerprint density at radius 2 is 2.29 bits per heavy atom. The molecule has 1 aliphatic rings. The summed E-state index contributed by atoms with van der Waals surface area (Å²) in [5.41, 5.74) is 0.606. The van der Waals surface area contributed by atoms with Crippen LogP contribution in [0.5, 0.6) is 5.75 Å². The Morgan fingerprint density at radius 1 is 1.50 bits per heavy atom. The van der Waals surface area contributed by atoms with Gasteiger partial charge in [0.15, 0.2) is 0 Å². The summed E-state index contributed by atoms with van der Waals surface area (Å²) in [6.07, 6.45) is 6.25. The molecule has 0 bridgehead atoms. The Kier molecular flexibility index (Phi) is 2.00. The molecule has 3 heteroatoms. The predicted molar refractivity (Wildman–Crippen MR) is 53.1 cm³/mol. The Labute approximate surface area is 81.0 Å². The number of hydrogen-bond acceptors (Lipinski definition) is 3. The van der Waals surface area contributed by atoms with E-state index in [2.05, 4.69) is 0 Å². The molecular weight excluding hydrogens is 180 g/mol. The standard InChI is InChI=1S/C11H10O3/c1-7-6-9(12)10(11(13)14-7)8-4-2-3-5-8/h2-4,6,12H,5H2,1H3. The van der Waals surface area contributed by atoms with Gasteiger partial charge in [0, 0.05) is 6.07 Å². The number of aromatic hydroxyl groups is 1. The second-order valence-electron chi connectivity index (χ2n) is 3.23. The van der Waals surface area contributed by atoms with E-state index in [0.29, 0.717) is 12.2 Å². The largest absolute Gasteiger partial charge is 0.507 e. The molecule has 3 nitrogen and oxygen atoms in total. The topological polar surface area (TPSA) is 50.4 Å². The van der Waals surface area contributed by atoms with Crippen molar-refractivity contribution in [3.8, 4) is 5.75 Å². The maximum Gasteiger partial charge on any atom is 0.347 e. The molecule has 1 heterocycles. The number of aryl methyl sites for hydroxylation is 1. The molecule has 0 atom stereocenters. The molecule has 0 fully saturated rings. The highest BCUT2D eigenvalue weighted by atomic mass is 16.4. The van der Waals surface area contributed by atoms with E-state index in [4.69, 9.17) is 4.42 Å². The lowest BCUT2D eigenvalue weighted by atomic mass is 10.1. The minimum absolute atomic E-state index is 0.00583. The molecule has 0 aliphatic heterocycles. The monoisotopic (exact) mass is 190 g/mol. The van der Waals surface area contributed by atoms with Crippen LogP contribution in [0.25, 0.3) is 5.57 Å². The lowest BCUT2D eigenvalue weighted by molar-refractivity contribution is 0.431. The zero-order valence-electron chi connectivity index (χ0n) is 7.78. The average molecular weight is 190 g/mol. The van der Waals surface area contributed by atoms with Crippen molar-refractivity contribution in [3.05, 3.63) is 46.0 Å². The van der Waals surface area contributed by atoms with E-state index in [1.165, 1.54) is 6.07 Å². The third kappa shape index (κ3) is 1.37.